The highest BCUT2D eigenvalue weighted by molar-refractivity contribution is 7.98. The zero-order valence-electron chi connectivity index (χ0n) is 20.7. The summed E-state index contributed by atoms with van der Waals surface area (Å²) >= 11 is 1.60. The number of carbonyl (C=O) groups excluding carboxylic acids is 1. The van der Waals surface area contributed by atoms with Crippen LogP contribution >= 0.6 is 11.8 Å². The number of amides is 1. The monoisotopic (exact) mass is 492 g/mol. The molecule has 1 amide bonds. The van der Waals surface area contributed by atoms with Gasteiger partial charge >= 0.3 is 0 Å². The number of carbonyl (C=O) groups is 1. The Hall–Kier alpha value is -3.26. The summed E-state index contributed by atoms with van der Waals surface area (Å²) in [4.78, 5) is 23.7. The predicted octanol–water partition coefficient (Wildman–Crippen LogP) is 4.67. The number of benzene rings is 2. The average Bonchev–Trinajstić information content (AvgIpc) is 3.69. The van der Waals surface area contributed by atoms with Gasteiger partial charge in [-0.05, 0) is 61.6 Å². The van der Waals surface area contributed by atoms with Gasteiger partial charge in [0.25, 0.3) is 5.91 Å². The number of hydrogen-bond donors (Lipinski definition) is 1. The molecule has 35 heavy (non-hydrogen) atoms. The van der Waals surface area contributed by atoms with E-state index in [2.05, 4.69) is 21.3 Å². The second-order valence-electron chi connectivity index (χ2n) is 8.74. The standard InChI is InChI=1S/C27H32N4O3S/c1-18-15-25(31(2)14-13-19-7-12-23(33-3)24(16-19)34-4)30-27(28-18)35-17-20-5-8-21(9-6-20)26(32)29-22-10-11-22/h5-9,12,15-16,22H,10-11,13-14,17H2,1-4H3,(H,29,32). The lowest BCUT2D eigenvalue weighted by Crippen LogP contribution is -2.25. The Morgan fingerprint density at radius 3 is 2.43 bits per heavy atom. The Bertz CT molecular complexity index is 1170. The number of methoxy groups -OCH3 is 2. The number of hydrogen-bond acceptors (Lipinski definition) is 7. The maximum atomic E-state index is 12.2. The SMILES string of the molecule is COc1ccc(CCN(C)c2cc(C)nc(SCc3ccc(C(=O)NC4CC4)cc3)n2)cc1OC. The molecule has 1 aromatic heterocycles. The highest BCUT2D eigenvalue weighted by atomic mass is 32.2. The van der Waals surface area contributed by atoms with Gasteiger partial charge in [0.1, 0.15) is 5.82 Å². The summed E-state index contributed by atoms with van der Waals surface area (Å²) < 4.78 is 10.7. The van der Waals surface area contributed by atoms with Crippen LogP contribution in [0.1, 0.15) is 40.0 Å². The van der Waals surface area contributed by atoms with E-state index in [-0.39, 0.29) is 5.91 Å². The van der Waals surface area contributed by atoms with Crippen LogP contribution in [0.25, 0.3) is 0 Å². The van der Waals surface area contributed by atoms with Gasteiger partial charge in [0.2, 0.25) is 0 Å². The molecular weight excluding hydrogens is 460 g/mol. The fraction of sp³-hybridized carbons (Fsp3) is 0.370. The van der Waals surface area contributed by atoms with Crippen LogP contribution < -0.4 is 19.7 Å². The van der Waals surface area contributed by atoms with Crippen LogP contribution in [0.3, 0.4) is 0 Å². The molecule has 3 aromatic rings. The smallest absolute Gasteiger partial charge is 0.251 e. The largest absolute Gasteiger partial charge is 0.493 e. The van der Waals surface area contributed by atoms with E-state index in [1.165, 1.54) is 5.56 Å². The van der Waals surface area contributed by atoms with Crippen LogP contribution in [0, 0.1) is 6.92 Å². The molecule has 1 N–H and O–H groups in total. The molecule has 0 bridgehead atoms. The lowest BCUT2D eigenvalue weighted by molar-refractivity contribution is 0.0951. The van der Waals surface area contributed by atoms with E-state index in [9.17, 15) is 4.79 Å². The molecule has 1 saturated carbocycles. The number of ether oxygens (including phenoxy) is 2. The Morgan fingerprint density at radius 1 is 1.03 bits per heavy atom. The van der Waals surface area contributed by atoms with Crippen molar-refractivity contribution < 1.29 is 14.3 Å². The van der Waals surface area contributed by atoms with Gasteiger partial charge < -0.3 is 19.7 Å². The van der Waals surface area contributed by atoms with Crippen molar-refractivity contribution in [3.63, 3.8) is 0 Å². The number of anilines is 1. The van der Waals surface area contributed by atoms with Crippen LogP contribution in [0.5, 0.6) is 11.5 Å². The van der Waals surface area contributed by atoms with Gasteiger partial charge in [-0.25, -0.2) is 9.97 Å². The zero-order chi connectivity index (χ0) is 24.8. The second-order valence-corrected chi connectivity index (χ2v) is 9.69. The molecule has 0 spiro atoms. The molecule has 1 aliphatic carbocycles. The van der Waals surface area contributed by atoms with Crippen LogP contribution in [-0.4, -0.2) is 49.7 Å². The molecule has 7 nitrogen and oxygen atoms in total. The van der Waals surface area contributed by atoms with Gasteiger partial charge in [-0.2, -0.15) is 0 Å². The number of likely N-dealkylation sites (N-methyl/N-ethyl adjacent to an activating group) is 1. The van der Waals surface area contributed by atoms with E-state index >= 15 is 0 Å². The summed E-state index contributed by atoms with van der Waals surface area (Å²) in [6.07, 6.45) is 3.03. The van der Waals surface area contributed by atoms with Crippen molar-refractivity contribution in [3.8, 4) is 11.5 Å². The van der Waals surface area contributed by atoms with E-state index in [0.717, 1.165) is 65.3 Å². The Labute approximate surface area is 211 Å². The fourth-order valence-corrected chi connectivity index (χ4v) is 4.48. The van der Waals surface area contributed by atoms with E-state index < -0.39 is 0 Å². The minimum Gasteiger partial charge on any atom is -0.493 e. The van der Waals surface area contributed by atoms with Crippen LogP contribution in [0.2, 0.25) is 0 Å². The van der Waals surface area contributed by atoms with E-state index in [4.69, 9.17) is 14.5 Å². The number of nitrogens with one attached hydrogen (secondary N) is 1. The highest BCUT2D eigenvalue weighted by Crippen LogP contribution is 2.28. The molecule has 0 unspecified atom stereocenters. The summed E-state index contributed by atoms with van der Waals surface area (Å²) in [6, 6.07) is 16.2. The normalized spacial score (nSPS) is 12.8. The van der Waals surface area contributed by atoms with E-state index in [1.54, 1.807) is 26.0 Å². The summed E-state index contributed by atoms with van der Waals surface area (Å²) in [5.41, 5.74) is 3.94. The van der Waals surface area contributed by atoms with Crippen LogP contribution in [0.4, 0.5) is 5.82 Å². The van der Waals surface area contributed by atoms with Crippen molar-refractivity contribution in [2.45, 2.75) is 43.1 Å². The van der Waals surface area contributed by atoms with E-state index in [0.29, 0.717) is 11.6 Å². The first kappa shape index (κ1) is 24.9. The summed E-state index contributed by atoms with van der Waals surface area (Å²) in [7, 11) is 5.33. The molecule has 0 atom stereocenters. The van der Waals surface area contributed by atoms with Gasteiger partial charge in [-0.15, -0.1) is 0 Å². The van der Waals surface area contributed by atoms with Crippen LogP contribution in [-0.2, 0) is 12.2 Å². The molecule has 8 heteroatoms. The number of nitrogens with zero attached hydrogens (tertiary/aromatic N) is 3. The molecule has 2 aromatic carbocycles. The molecule has 4 rings (SSSR count). The molecule has 1 fully saturated rings. The third-order valence-electron chi connectivity index (χ3n) is 5.89. The van der Waals surface area contributed by atoms with E-state index in [1.807, 2.05) is 56.4 Å². The number of aromatic nitrogens is 2. The minimum atomic E-state index is 0.00878. The van der Waals surface area contributed by atoms with Crippen molar-refractivity contribution >= 4 is 23.5 Å². The average molecular weight is 493 g/mol. The quantitative estimate of drug-likeness (QED) is 0.308. The Morgan fingerprint density at radius 2 is 1.74 bits per heavy atom. The third kappa shape index (κ3) is 6.88. The summed E-state index contributed by atoms with van der Waals surface area (Å²) in [5, 5.41) is 3.77. The Balaban J connectivity index is 1.34. The first-order chi connectivity index (χ1) is 16.9. The molecule has 0 aliphatic heterocycles. The van der Waals surface area contributed by atoms with Gasteiger partial charge in [0.05, 0.1) is 14.2 Å². The van der Waals surface area contributed by atoms with Crippen molar-refractivity contribution in [1.82, 2.24) is 15.3 Å². The van der Waals surface area contributed by atoms with Gasteiger partial charge in [-0.1, -0.05) is 30.0 Å². The van der Waals surface area contributed by atoms with Crippen LogP contribution in [0.15, 0.2) is 53.7 Å². The molecule has 1 heterocycles. The number of rotatable bonds is 11. The molecular formula is C27H32N4O3S. The lowest BCUT2D eigenvalue weighted by Gasteiger charge is -2.19. The minimum absolute atomic E-state index is 0.00878. The summed E-state index contributed by atoms with van der Waals surface area (Å²) in [5.74, 6) is 3.11. The predicted molar refractivity (Wildman–Crippen MR) is 140 cm³/mol. The first-order valence-electron chi connectivity index (χ1n) is 11.8. The summed E-state index contributed by atoms with van der Waals surface area (Å²) in [6.45, 7) is 2.80. The molecule has 0 saturated heterocycles. The molecule has 0 radical (unpaired) electrons. The third-order valence-corrected chi connectivity index (χ3v) is 6.81. The van der Waals surface area contributed by atoms with Gasteiger partial charge in [-0.3, -0.25) is 4.79 Å². The first-order valence-corrected chi connectivity index (χ1v) is 12.7. The van der Waals surface area contributed by atoms with Crippen molar-refractivity contribution in [2.75, 3.05) is 32.7 Å². The second kappa shape index (κ2) is 11.4. The topological polar surface area (TPSA) is 76.6 Å². The highest BCUT2D eigenvalue weighted by Gasteiger charge is 2.23. The Kier molecular flexibility index (Phi) is 8.13. The zero-order valence-corrected chi connectivity index (χ0v) is 21.5. The van der Waals surface area contributed by atoms with Crippen molar-refractivity contribution in [2.24, 2.45) is 0 Å². The number of thioether (sulfide) groups is 1. The van der Waals surface area contributed by atoms with Gasteiger partial charge in [0, 0.05) is 42.7 Å². The molecule has 1 aliphatic rings. The molecule has 184 valence electrons. The maximum absolute atomic E-state index is 12.2. The van der Waals surface area contributed by atoms with Gasteiger partial charge in [0.15, 0.2) is 16.7 Å². The number of aryl methyl sites for hydroxylation is 1. The van der Waals surface area contributed by atoms with Crippen molar-refractivity contribution in [3.05, 3.63) is 70.9 Å². The van der Waals surface area contributed by atoms with Crippen molar-refractivity contribution in [1.29, 1.82) is 0 Å². The maximum Gasteiger partial charge on any atom is 0.251 e. The fourth-order valence-electron chi connectivity index (χ4n) is 3.63. The lowest BCUT2D eigenvalue weighted by atomic mass is 10.1.